The Morgan fingerprint density at radius 3 is 2.72 bits per heavy atom. The molecule has 0 atom stereocenters. The molecule has 0 fully saturated rings. The molecule has 3 nitrogen and oxygen atoms in total. The van der Waals surface area contributed by atoms with E-state index in [1.165, 1.54) is 0 Å². The van der Waals surface area contributed by atoms with Crippen LogP contribution in [0.5, 0.6) is 0 Å². The van der Waals surface area contributed by atoms with E-state index < -0.39 is 17.5 Å². The van der Waals surface area contributed by atoms with Crippen LogP contribution in [0.1, 0.15) is 12.7 Å². The molecule has 0 bridgehead atoms. The summed E-state index contributed by atoms with van der Waals surface area (Å²) in [5.74, 6) is -3.20. The first-order valence-corrected chi connectivity index (χ1v) is 5.51. The fraction of sp³-hybridized carbons (Fsp3) is 0.250. The Kier molecular flexibility index (Phi) is 3.55. The molecule has 2 rings (SSSR count). The van der Waals surface area contributed by atoms with E-state index in [1.54, 1.807) is 12.4 Å². The quantitative estimate of drug-likeness (QED) is 0.851. The molecule has 1 aromatic heterocycles. The standard InChI is InChI=1S/C12H12F3N3/c1-2-18-6-5-16-10(18)7-17-9-4-3-8(13)11(14)12(9)15/h3-6,17H,2,7H2,1H3. The molecule has 6 heteroatoms. The highest BCUT2D eigenvalue weighted by Crippen LogP contribution is 2.20. The van der Waals surface area contributed by atoms with E-state index in [4.69, 9.17) is 0 Å². The van der Waals surface area contributed by atoms with E-state index >= 15 is 0 Å². The van der Waals surface area contributed by atoms with Crippen LogP contribution in [0.4, 0.5) is 18.9 Å². The van der Waals surface area contributed by atoms with Gasteiger partial charge in [-0.2, -0.15) is 0 Å². The summed E-state index contributed by atoms with van der Waals surface area (Å²) in [7, 11) is 0. The molecule has 1 aromatic carbocycles. The lowest BCUT2D eigenvalue weighted by Gasteiger charge is -2.09. The van der Waals surface area contributed by atoms with E-state index in [2.05, 4.69) is 10.3 Å². The summed E-state index contributed by atoms with van der Waals surface area (Å²) >= 11 is 0. The van der Waals surface area contributed by atoms with E-state index in [9.17, 15) is 13.2 Å². The lowest BCUT2D eigenvalue weighted by atomic mass is 10.3. The fourth-order valence-corrected chi connectivity index (χ4v) is 1.63. The normalized spacial score (nSPS) is 10.7. The van der Waals surface area contributed by atoms with Gasteiger partial charge in [-0.15, -0.1) is 0 Å². The first kappa shape index (κ1) is 12.5. The molecule has 0 saturated carbocycles. The second-order valence-electron chi connectivity index (χ2n) is 3.71. The number of aryl methyl sites for hydroxylation is 1. The molecule has 0 aliphatic carbocycles. The van der Waals surface area contributed by atoms with Crippen molar-refractivity contribution >= 4 is 5.69 Å². The number of nitrogens with zero attached hydrogens (tertiary/aromatic N) is 2. The van der Waals surface area contributed by atoms with Gasteiger partial charge in [0.15, 0.2) is 17.5 Å². The van der Waals surface area contributed by atoms with Crippen LogP contribution in [0, 0.1) is 17.5 Å². The van der Waals surface area contributed by atoms with Gasteiger partial charge < -0.3 is 9.88 Å². The summed E-state index contributed by atoms with van der Waals surface area (Å²) in [6.07, 6.45) is 3.42. The maximum atomic E-state index is 13.4. The second-order valence-corrected chi connectivity index (χ2v) is 3.71. The SMILES string of the molecule is CCn1ccnc1CNc1ccc(F)c(F)c1F. The third-order valence-electron chi connectivity index (χ3n) is 2.61. The van der Waals surface area contributed by atoms with E-state index in [0.29, 0.717) is 5.82 Å². The van der Waals surface area contributed by atoms with Crippen molar-refractivity contribution in [2.24, 2.45) is 0 Å². The van der Waals surface area contributed by atoms with Gasteiger partial charge in [0.2, 0.25) is 0 Å². The van der Waals surface area contributed by atoms with Crippen molar-refractivity contribution in [3.8, 4) is 0 Å². The third-order valence-corrected chi connectivity index (χ3v) is 2.61. The summed E-state index contributed by atoms with van der Waals surface area (Å²) < 4.78 is 41.0. The molecule has 96 valence electrons. The summed E-state index contributed by atoms with van der Waals surface area (Å²) in [5.41, 5.74) is -0.0837. The Hall–Kier alpha value is -1.98. The monoisotopic (exact) mass is 255 g/mol. The molecular formula is C12H12F3N3. The minimum Gasteiger partial charge on any atom is -0.375 e. The predicted molar refractivity (Wildman–Crippen MR) is 61.5 cm³/mol. The van der Waals surface area contributed by atoms with Crippen LogP contribution >= 0.6 is 0 Å². The number of hydrogen-bond acceptors (Lipinski definition) is 2. The molecule has 0 aliphatic heterocycles. The van der Waals surface area contributed by atoms with Gasteiger partial charge in [0.1, 0.15) is 5.82 Å². The van der Waals surface area contributed by atoms with Crippen LogP contribution < -0.4 is 5.32 Å². The molecule has 0 spiro atoms. The first-order chi connectivity index (χ1) is 8.63. The van der Waals surface area contributed by atoms with E-state index in [1.807, 2.05) is 11.5 Å². The largest absolute Gasteiger partial charge is 0.375 e. The van der Waals surface area contributed by atoms with Gasteiger partial charge in [-0.3, -0.25) is 0 Å². The number of rotatable bonds is 4. The van der Waals surface area contributed by atoms with Crippen molar-refractivity contribution in [2.45, 2.75) is 20.0 Å². The lowest BCUT2D eigenvalue weighted by Crippen LogP contribution is -2.09. The van der Waals surface area contributed by atoms with Crippen molar-refractivity contribution in [3.63, 3.8) is 0 Å². The Labute approximate surface area is 102 Å². The van der Waals surface area contributed by atoms with Crippen molar-refractivity contribution in [1.82, 2.24) is 9.55 Å². The van der Waals surface area contributed by atoms with Crippen molar-refractivity contribution in [3.05, 3.63) is 47.8 Å². The smallest absolute Gasteiger partial charge is 0.196 e. The van der Waals surface area contributed by atoms with Gasteiger partial charge in [-0.25, -0.2) is 18.2 Å². The van der Waals surface area contributed by atoms with Crippen LogP contribution in [-0.4, -0.2) is 9.55 Å². The van der Waals surface area contributed by atoms with Gasteiger partial charge >= 0.3 is 0 Å². The second kappa shape index (κ2) is 5.12. The highest BCUT2D eigenvalue weighted by atomic mass is 19.2. The number of nitrogens with one attached hydrogen (secondary N) is 1. The Bertz CT molecular complexity index is 551. The van der Waals surface area contributed by atoms with E-state index in [-0.39, 0.29) is 12.2 Å². The van der Waals surface area contributed by atoms with Crippen LogP contribution in [0.2, 0.25) is 0 Å². The third kappa shape index (κ3) is 2.32. The van der Waals surface area contributed by atoms with Crippen LogP contribution in [0.3, 0.4) is 0 Å². The summed E-state index contributed by atoms with van der Waals surface area (Å²) in [5, 5.41) is 2.69. The minimum absolute atomic E-state index is 0.0837. The number of aromatic nitrogens is 2. The highest BCUT2D eigenvalue weighted by molar-refractivity contribution is 5.45. The zero-order valence-electron chi connectivity index (χ0n) is 9.75. The topological polar surface area (TPSA) is 29.9 Å². The number of imidazole rings is 1. The molecule has 0 aliphatic rings. The maximum Gasteiger partial charge on any atom is 0.196 e. The average Bonchev–Trinajstić information content (AvgIpc) is 2.82. The summed E-state index contributed by atoms with van der Waals surface area (Å²) in [4.78, 5) is 4.08. The van der Waals surface area contributed by atoms with Gasteiger partial charge in [0.25, 0.3) is 0 Å². The molecule has 1 N–H and O–H groups in total. The maximum absolute atomic E-state index is 13.4. The summed E-state index contributed by atoms with van der Waals surface area (Å²) in [6, 6.07) is 2.04. The van der Waals surface area contributed by atoms with Gasteiger partial charge in [-0.1, -0.05) is 0 Å². The van der Waals surface area contributed by atoms with Gasteiger partial charge in [0, 0.05) is 18.9 Å². The van der Waals surface area contributed by atoms with Crippen molar-refractivity contribution < 1.29 is 13.2 Å². The van der Waals surface area contributed by atoms with E-state index in [0.717, 1.165) is 18.7 Å². The van der Waals surface area contributed by atoms with Gasteiger partial charge in [-0.05, 0) is 19.1 Å². The number of benzene rings is 1. The molecule has 0 unspecified atom stereocenters. The molecule has 0 radical (unpaired) electrons. The van der Waals surface area contributed by atoms with Crippen LogP contribution in [0.15, 0.2) is 24.5 Å². The van der Waals surface area contributed by atoms with Gasteiger partial charge in [0.05, 0.1) is 12.2 Å². The molecule has 0 saturated heterocycles. The zero-order valence-corrected chi connectivity index (χ0v) is 9.75. The number of halogens is 3. The highest BCUT2D eigenvalue weighted by Gasteiger charge is 2.13. The zero-order chi connectivity index (χ0) is 13.1. The number of hydrogen-bond donors (Lipinski definition) is 1. The fourth-order valence-electron chi connectivity index (χ4n) is 1.63. The predicted octanol–water partition coefficient (Wildman–Crippen LogP) is 2.93. The molecule has 1 heterocycles. The lowest BCUT2D eigenvalue weighted by molar-refractivity contribution is 0.449. The average molecular weight is 255 g/mol. The molecular weight excluding hydrogens is 243 g/mol. The van der Waals surface area contributed by atoms with Crippen LogP contribution in [-0.2, 0) is 13.1 Å². The van der Waals surface area contributed by atoms with Crippen LogP contribution in [0.25, 0.3) is 0 Å². The van der Waals surface area contributed by atoms with Crippen molar-refractivity contribution in [1.29, 1.82) is 0 Å². The minimum atomic E-state index is -1.47. The van der Waals surface area contributed by atoms with Crippen molar-refractivity contribution in [2.75, 3.05) is 5.32 Å². The number of anilines is 1. The molecule has 2 aromatic rings. The Balaban J connectivity index is 2.14. The molecule has 18 heavy (non-hydrogen) atoms. The first-order valence-electron chi connectivity index (χ1n) is 5.51. The molecule has 0 amide bonds. The Morgan fingerprint density at radius 2 is 2.00 bits per heavy atom. The summed E-state index contributed by atoms with van der Waals surface area (Å²) in [6.45, 7) is 2.92. The Morgan fingerprint density at radius 1 is 1.22 bits per heavy atom.